The van der Waals surface area contributed by atoms with Crippen LogP contribution < -0.4 is 0 Å². The van der Waals surface area contributed by atoms with Crippen LogP contribution in [0.5, 0.6) is 0 Å². The van der Waals surface area contributed by atoms with E-state index in [4.69, 9.17) is 4.74 Å². The van der Waals surface area contributed by atoms with Crippen LogP contribution in [-0.4, -0.2) is 60.6 Å². The Bertz CT molecular complexity index is 453. The highest BCUT2D eigenvalue weighted by Gasteiger charge is 2.26. The number of hydrogen-bond acceptors (Lipinski definition) is 5. The largest absolute Gasteiger partial charge is 0.466 e. The van der Waals surface area contributed by atoms with Crippen LogP contribution in [0, 0.1) is 6.92 Å². The number of likely N-dealkylation sites (N-methyl/N-ethyl adjacent to an activating group) is 1. The molecule has 0 N–H and O–H groups in total. The molecule has 5 nitrogen and oxygen atoms in total. The lowest BCUT2D eigenvalue weighted by Gasteiger charge is -2.37. The molecule has 5 heteroatoms. The van der Waals surface area contributed by atoms with Crippen molar-refractivity contribution >= 4 is 5.97 Å². The Balaban J connectivity index is 2.13. The van der Waals surface area contributed by atoms with Gasteiger partial charge in [0.1, 0.15) is 0 Å². The predicted octanol–water partition coefficient (Wildman–Crippen LogP) is 1.63. The van der Waals surface area contributed by atoms with Gasteiger partial charge in [-0.3, -0.25) is 14.7 Å². The summed E-state index contributed by atoms with van der Waals surface area (Å²) in [6, 6.07) is 4.14. The van der Waals surface area contributed by atoms with Crippen molar-refractivity contribution in [1.82, 2.24) is 14.8 Å². The topological polar surface area (TPSA) is 45.7 Å². The first-order chi connectivity index (χ1) is 10.1. The molecule has 1 fully saturated rings. The van der Waals surface area contributed by atoms with Gasteiger partial charge >= 0.3 is 5.97 Å². The highest BCUT2D eigenvalue weighted by Crippen LogP contribution is 2.25. The fourth-order valence-corrected chi connectivity index (χ4v) is 2.65. The zero-order chi connectivity index (χ0) is 15.2. The predicted molar refractivity (Wildman–Crippen MR) is 82.0 cm³/mol. The van der Waals surface area contributed by atoms with Gasteiger partial charge in [0.05, 0.1) is 13.0 Å². The second-order valence-corrected chi connectivity index (χ2v) is 5.60. The first-order valence-electron chi connectivity index (χ1n) is 7.61. The van der Waals surface area contributed by atoms with Gasteiger partial charge in [0.25, 0.3) is 0 Å². The van der Waals surface area contributed by atoms with E-state index < -0.39 is 0 Å². The summed E-state index contributed by atoms with van der Waals surface area (Å²) in [6.07, 6.45) is 2.28. The average Bonchev–Trinajstić information content (AvgIpc) is 2.47. The monoisotopic (exact) mass is 291 g/mol. The first-order valence-corrected chi connectivity index (χ1v) is 7.61. The summed E-state index contributed by atoms with van der Waals surface area (Å²) in [5.74, 6) is -0.137. The van der Waals surface area contributed by atoms with Gasteiger partial charge in [-0.05, 0) is 32.5 Å². The molecule has 1 aromatic rings. The van der Waals surface area contributed by atoms with Crippen LogP contribution in [0.15, 0.2) is 18.3 Å². The third kappa shape index (κ3) is 4.51. The van der Waals surface area contributed by atoms with E-state index >= 15 is 0 Å². The molecule has 116 valence electrons. The van der Waals surface area contributed by atoms with Gasteiger partial charge in [0.2, 0.25) is 0 Å². The SMILES string of the molecule is CCOC(=O)CC(c1ccc(C)nc1)N1CCN(C)CC1. The fraction of sp³-hybridized carbons (Fsp3) is 0.625. The Kier molecular flexibility index (Phi) is 5.70. The number of aryl methyl sites for hydroxylation is 1. The van der Waals surface area contributed by atoms with Crippen molar-refractivity contribution in [3.05, 3.63) is 29.6 Å². The standard InChI is InChI=1S/C16H25N3O2/c1-4-21-16(20)11-15(14-6-5-13(2)17-12-14)19-9-7-18(3)8-10-19/h5-6,12,15H,4,7-11H2,1-3H3. The summed E-state index contributed by atoms with van der Waals surface area (Å²) in [4.78, 5) is 21.0. The molecule has 0 radical (unpaired) electrons. The number of hydrogen-bond donors (Lipinski definition) is 0. The van der Waals surface area contributed by atoms with Crippen molar-refractivity contribution in [3.8, 4) is 0 Å². The molecule has 1 saturated heterocycles. The Labute approximate surface area is 126 Å². The van der Waals surface area contributed by atoms with E-state index in [1.807, 2.05) is 26.1 Å². The number of nitrogens with zero attached hydrogens (tertiary/aromatic N) is 3. The highest BCUT2D eigenvalue weighted by molar-refractivity contribution is 5.70. The van der Waals surface area contributed by atoms with Gasteiger partial charge in [0, 0.05) is 44.1 Å². The van der Waals surface area contributed by atoms with Crippen LogP contribution in [0.3, 0.4) is 0 Å². The van der Waals surface area contributed by atoms with E-state index in [9.17, 15) is 4.79 Å². The highest BCUT2D eigenvalue weighted by atomic mass is 16.5. The quantitative estimate of drug-likeness (QED) is 0.772. The summed E-state index contributed by atoms with van der Waals surface area (Å²) in [7, 11) is 2.13. The van der Waals surface area contributed by atoms with Gasteiger partial charge in [-0.25, -0.2) is 0 Å². The average molecular weight is 291 g/mol. The number of piperazine rings is 1. The number of carbonyl (C=O) groups is 1. The maximum absolute atomic E-state index is 11.9. The Hall–Kier alpha value is -1.46. The van der Waals surface area contributed by atoms with Crippen molar-refractivity contribution in [1.29, 1.82) is 0 Å². The molecule has 1 aromatic heterocycles. The van der Waals surface area contributed by atoms with Gasteiger partial charge in [-0.2, -0.15) is 0 Å². The van der Waals surface area contributed by atoms with Crippen molar-refractivity contribution < 1.29 is 9.53 Å². The molecule has 21 heavy (non-hydrogen) atoms. The lowest BCUT2D eigenvalue weighted by molar-refractivity contribution is -0.144. The van der Waals surface area contributed by atoms with Crippen molar-refractivity contribution in [2.24, 2.45) is 0 Å². The fourth-order valence-electron chi connectivity index (χ4n) is 2.65. The molecule has 1 aliphatic heterocycles. The van der Waals surface area contributed by atoms with Gasteiger partial charge in [-0.1, -0.05) is 6.07 Å². The molecule has 1 atom stereocenters. The Morgan fingerprint density at radius 2 is 2.05 bits per heavy atom. The summed E-state index contributed by atoms with van der Waals surface area (Å²) >= 11 is 0. The van der Waals surface area contributed by atoms with E-state index in [1.54, 1.807) is 0 Å². The van der Waals surface area contributed by atoms with Gasteiger partial charge in [0.15, 0.2) is 0 Å². The van der Waals surface area contributed by atoms with Crippen LogP contribution in [0.2, 0.25) is 0 Å². The van der Waals surface area contributed by atoms with E-state index in [1.165, 1.54) is 0 Å². The van der Waals surface area contributed by atoms with Crippen molar-refractivity contribution in [3.63, 3.8) is 0 Å². The molecule has 0 aromatic carbocycles. The number of carbonyl (C=O) groups excluding carboxylic acids is 1. The Morgan fingerprint density at radius 1 is 1.33 bits per heavy atom. The second-order valence-electron chi connectivity index (χ2n) is 5.60. The van der Waals surface area contributed by atoms with Crippen molar-refractivity contribution in [2.75, 3.05) is 39.8 Å². The van der Waals surface area contributed by atoms with Gasteiger partial charge < -0.3 is 9.64 Å². The molecular weight excluding hydrogens is 266 g/mol. The minimum atomic E-state index is -0.137. The molecule has 0 saturated carbocycles. The van der Waals surface area contributed by atoms with E-state index in [-0.39, 0.29) is 12.0 Å². The summed E-state index contributed by atoms with van der Waals surface area (Å²) in [5, 5.41) is 0. The van der Waals surface area contributed by atoms with Crippen molar-refractivity contribution in [2.45, 2.75) is 26.3 Å². The lowest BCUT2D eigenvalue weighted by atomic mass is 10.0. The second kappa shape index (κ2) is 7.52. The lowest BCUT2D eigenvalue weighted by Crippen LogP contribution is -2.46. The maximum atomic E-state index is 11.9. The van der Waals surface area contributed by atoms with Crippen LogP contribution in [-0.2, 0) is 9.53 Å². The third-order valence-corrected chi connectivity index (χ3v) is 3.96. The minimum absolute atomic E-state index is 0.0610. The zero-order valence-corrected chi connectivity index (χ0v) is 13.2. The number of rotatable bonds is 5. The van der Waals surface area contributed by atoms with Crippen LogP contribution in [0.4, 0.5) is 0 Å². The zero-order valence-electron chi connectivity index (χ0n) is 13.2. The molecule has 0 aliphatic carbocycles. The number of esters is 1. The minimum Gasteiger partial charge on any atom is -0.466 e. The molecular formula is C16H25N3O2. The number of aromatic nitrogens is 1. The molecule has 0 bridgehead atoms. The molecule has 2 heterocycles. The number of ether oxygens (including phenoxy) is 1. The summed E-state index contributed by atoms with van der Waals surface area (Å²) < 4.78 is 5.13. The smallest absolute Gasteiger partial charge is 0.307 e. The van der Waals surface area contributed by atoms with Crippen LogP contribution >= 0.6 is 0 Å². The van der Waals surface area contributed by atoms with E-state index in [0.29, 0.717) is 13.0 Å². The summed E-state index contributed by atoms with van der Waals surface area (Å²) in [6.45, 7) is 8.23. The normalized spacial score (nSPS) is 18.4. The molecule has 1 unspecified atom stereocenters. The van der Waals surface area contributed by atoms with Crippen LogP contribution in [0.25, 0.3) is 0 Å². The Morgan fingerprint density at radius 3 is 2.62 bits per heavy atom. The third-order valence-electron chi connectivity index (χ3n) is 3.96. The molecule has 0 spiro atoms. The molecule has 0 amide bonds. The van der Waals surface area contributed by atoms with E-state index in [0.717, 1.165) is 37.4 Å². The molecule has 1 aliphatic rings. The first kappa shape index (κ1) is 15.9. The molecule has 2 rings (SSSR count). The number of pyridine rings is 1. The van der Waals surface area contributed by atoms with Crippen LogP contribution in [0.1, 0.15) is 30.6 Å². The maximum Gasteiger partial charge on any atom is 0.307 e. The van der Waals surface area contributed by atoms with E-state index in [2.05, 4.69) is 27.9 Å². The summed E-state index contributed by atoms with van der Waals surface area (Å²) in [5.41, 5.74) is 2.09. The van der Waals surface area contributed by atoms with Gasteiger partial charge in [-0.15, -0.1) is 0 Å².